The highest BCUT2D eigenvalue weighted by molar-refractivity contribution is 7.89. The van der Waals surface area contributed by atoms with Crippen LogP contribution in [0.4, 0.5) is 5.69 Å². The van der Waals surface area contributed by atoms with Crippen LogP contribution in [0.1, 0.15) is 47.5 Å². The van der Waals surface area contributed by atoms with E-state index in [0.29, 0.717) is 37.4 Å². The Morgan fingerprint density at radius 1 is 1.09 bits per heavy atom. The minimum Gasteiger partial charge on any atom is -0.321 e. The maximum atomic E-state index is 13.1. The third kappa shape index (κ3) is 4.62. The van der Waals surface area contributed by atoms with E-state index < -0.39 is 26.0 Å². The first-order chi connectivity index (χ1) is 15.0. The number of nitrogens with one attached hydrogen (secondary N) is 1. The van der Waals surface area contributed by atoms with E-state index in [2.05, 4.69) is 5.32 Å². The van der Waals surface area contributed by atoms with E-state index in [9.17, 15) is 21.6 Å². The third-order valence-electron chi connectivity index (χ3n) is 5.75. The Kier molecular flexibility index (Phi) is 7.45. The summed E-state index contributed by atoms with van der Waals surface area (Å²) in [5.41, 5.74) is 1.78. The van der Waals surface area contributed by atoms with Gasteiger partial charge in [0.05, 0.1) is 4.90 Å². The number of nitrogens with zero attached hydrogens (tertiary/aromatic N) is 2. The maximum absolute atomic E-state index is 13.1. The molecule has 2 aromatic rings. The van der Waals surface area contributed by atoms with Gasteiger partial charge in [0.2, 0.25) is 20.0 Å². The van der Waals surface area contributed by atoms with Crippen LogP contribution in [-0.2, 0) is 20.0 Å². The van der Waals surface area contributed by atoms with Gasteiger partial charge >= 0.3 is 0 Å². The summed E-state index contributed by atoms with van der Waals surface area (Å²) in [6, 6.07) is 4.48. The fourth-order valence-corrected chi connectivity index (χ4v) is 8.11. The first kappa shape index (κ1) is 24.8. The van der Waals surface area contributed by atoms with E-state index in [-0.39, 0.29) is 14.7 Å². The summed E-state index contributed by atoms with van der Waals surface area (Å²) in [4.78, 5) is 13.3. The van der Waals surface area contributed by atoms with E-state index in [1.807, 2.05) is 0 Å². The first-order valence-electron chi connectivity index (χ1n) is 10.5. The molecule has 2 heterocycles. The first-order valence-corrected chi connectivity index (χ1v) is 14.3. The number of amides is 1. The second-order valence-electron chi connectivity index (χ2n) is 7.68. The van der Waals surface area contributed by atoms with E-state index >= 15 is 0 Å². The van der Waals surface area contributed by atoms with Gasteiger partial charge in [0.25, 0.3) is 5.91 Å². The summed E-state index contributed by atoms with van der Waals surface area (Å²) in [6.07, 6.45) is 1.61. The van der Waals surface area contributed by atoms with Crippen molar-refractivity contribution in [2.75, 3.05) is 31.5 Å². The molecule has 176 valence electrons. The Bertz CT molecular complexity index is 1210. The molecular formula is C21H29N3O5S3. The summed E-state index contributed by atoms with van der Waals surface area (Å²) in [5.74, 6) is -0.572. The SMILES string of the molecule is CCN(CC)S(=O)(=O)c1cc(C)c(C)c(NC(=O)c2sccc2S(=O)(=O)N2CCCC2)c1. The summed E-state index contributed by atoms with van der Waals surface area (Å²) >= 11 is 1.05. The quantitative estimate of drug-likeness (QED) is 0.599. The number of aryl methyl sites for hydroxylation is 1. The van der Waals surface area contributed by atoms with Gasteiger partial charge in [0.15, 0.2) is 0 Å². The highest BCUT2D eigenvalue weighted by Gasteiger charge is 2.32. The minimum absolute atomic E-state index is 0.0109. The monoisotopic (exact) mass is 499 g/mol. The average molecular weight is 500 g/mol. The molecule has 0 spiro atoms. The van der Waals surface area contributed by atoms with Crippen molar-refractivity contribution in [3.63, 3.8) is 0 Å². The molecule has 1 aliphatic rings. The lowest BCUT2D eigenvalue weighted by Gasteiger charge is -2.20. The number of carbonyl (C=O) groups excluding carboxylic acids is 1. The molecule has 1 saturated heterocycles. The van der Waals surface area contributed by atoms with Gasteiger partial charge in [-0.3, -0.25) is 4.79 Å². The summed E-state index contributed by atoms with van der Waals surface area (Å²) in [6.45, 7) is 8.66. The number of benzene rings is 1. The molecule has 1 aromatic carbocycles. The van der Waals surface area contributed by atoms with Crippen molar-refractivity contribution in [3.8, 4) is 0 Å². The van der Waals surface area contributed by atoms with Crippen LogP contribution >= 0.6 is 11.3 Å². The van der Waals surface area contributed by atoms with Gasteiger partial charge in [-0.1, -0.05) is 13.8 Å². The number of sulfonamides is 2. The summed E-state index contributed by atoms with van der Waals surface area (Å²) < 4.78 is 54.7. The molecule has 1 aliphatic heterocycles. The van der Waals surface area contributed by atoms with Crippen LogP contribution < -0.4 is 5.32 Å². The smallest absolute Gasteiger partial charge is 0.267 e. The molecule has 1 N–H and O–H groups in total. The topological polar surface area (TPSA) is 104 Å². The fraction of sp³-hybridized carbons (Fsp3) is 0.476. The average Bonchev–Trinajstić information content (AvgIpc) is 3.44. The van der Waals surface area contributed by atoms with Crippen LogP contribution in [-0.4, -0.2) is 57.5 Å². The van der Waals surface area contributed by atoms with E-state index in [0.717, 1.165) is 29.7 Å². The summed E-state index contributed by atoms with van der Waals surface area (Å²) in [7, 11) is -7.46. The van der Waals surface area contributed by atoms with Crippen molar-refractivity contribution in [2.45, 2.75) is 50.3 Å². The molecule has 8 nitrogen and oxygen atoms in total. The predicted molar refractivity (Wildman–Crippen MR) is 126 cm³/mol. The highest BCUT2D eigenvalue weighted by Crippen LogP contribution is 2.30. The molecule has 1 amide bonds. The molecule has 11 heteroatoms. The van der Waals surface area contributed by atoms with Gasteiger partial charge in [-0.2, -0.15) is 8.61 Å². The van der Waals surface area contributed by atoms with E-state index in [1.54, 1.807) is 39.1 Å². The molecule has 1 aromatic heterocycles. The molecule has 0 saturated carbocycles. The van der Waals surface area contributed by atoms with E-state index in [4.69, 9.17) is 0 Å². The van der Waals surface area contributed by atoms with Crippen molar-refractivity contribution in [1.29, 1.82) is 0 Å². The van der Waals surface area contributed by atoms with Crippen LogP contribution in [0.3, 0.4) is 0 Å². The van der Waals surface area contributed by atoms with Crippen molar-refractivity contribution < 1.29 is 21.6 Å². The molecule has 0 atom stereocenters. The maximum Gasteiger partial charge on any atom is 0.267 e. The van der Waals surface area contributed by atoms with Crippen molar-refractivity contribution in [1.82, 2.24) is 8.61 Å². The lowest BCUT2D eigenvalue weighted by Crippen LogP contribution is -2.31. The summed E-state index contributed by atoms with van der Waals surface area (Å²) in [5, 5.41) is 4.33. The molecule has 1 fully saturated rings. The van der Waals surface area contributed by atoms with Crippen LogP contribution in [0.15, 0.2) is 33.4 Å². The van der Waals surface area contributed by atoms with Crippen LogP contribution in [0.5, 0.6) is 0 Å². The lowest BCUT2D eigenvalue weighted by atomic mass is 10.1. The molecule has 0 radical (unpaired) electrons. The zero-order valence-electron chi connectivity index (χ0n) is 18.7. The van der Waals surface area contributed by atoms with Gasteiger partial charge in [-0.25, -0.2) is 16.8 Å². The van der Waals surface area contributed by atoms with Gasteiger partial charge < -0.3 is 5.32 Å². The van der Waals surface area contributed by atoms with Crippen molar-refractivity contribution in [2.24, 2.45) is 0 Å². The Morgan fingerprint density at radius 2 is 1.72 bits per heavy atom. The normalized spacial score (nSPS) is 15.4. The second kappa shape index (κ2) is 9.60. The molecule has 0 aliphatic carbocycles. The number of rotatable bonds is 8. The standard InChI is InChI=1S/C21H29N3O5S3/c1-5-23(6-2)31(26,27)17-13-15(3)16(4)18(14-17)22-21(25)20-19(9-12-30-20)32(28,29)24-10-7-8-11-24/h9,12-14H,5-8,10-11H2,1-4H3,(H,22,25). The zero-order valence-corrected chi connectivity index (χ0v) is 21.2. The Morgan fingerprint density at radius 3 is 2.31 bits per heavy atom. The Hall–Kier alpha value is -1.79. The number of anilines is 1. The predicted octanol–water partition coefficient (Wildman–Crippen LogP) is 3.43. The molecule has 0 bridgehead atoms. The molecule has 32 heavy (non-hydrogen) atoms. The van der Waals surface area contributed by atoms with Gasteiger partial charge in [-0.05, 0) is 61.4 Å². The largest absolute Gasteiger partial charge is 0.321 e. The van der Waals surface area contributed by atoms with Crippen molar-refractivity contribution >= 4 is 43.0 Å². The second-order valence-corrected chi connectivity index (χ2v) is 12.4. The zero-order chi connectivity index (χ0) is 23.7. The van der Waals surface area contributed by atoms with Crippen LogP contribution in [0.25, 0.3) is 0 Å². The molecule has 3 rings (SSSR count). The molecule has 0 unspecified atom stereocenters. The number of hydrogen-bond donors (Lipinski definition) is 1. The van der Waals surface area contributed by atoms with Crippen LogP contribution in [0.2, 0.25) is 0 Å². The Balaban J connectivity index is 1.96. The Labute approximate surface area is 194 Å². The lowest BCUT2D eigenvalue weighted by molar-refractivity contribution is 0.102. The van der Waals surface area contributed by atoms with Crippen molar-refractivity contribution in [3.05, 3.63) is 39.6 Å². The van der Waals surface area contributed by atoms with E-state index in [1.165, 1.54) is 20.7 Å². The fourth-order valence-electron chi connectivity index (χ4n) is 3.73. The number of carbonyl (C=O) groups is 1. The van der Waals surface area contributed by atoms with Crippen LogP contribution in [0, 0.1) is 13.8 Å². The van der Waals surface area contributed by atoms with Gasteiger partial charge in [0.1, 0.15) is 9.77 Å². The number of thiophene rings is 1. The van der Waals surface area contributed by atoms with Gasteiger partial charge in [-0.15, -0.1) is 11.3 Å². The minimum atomic E-state index is -3.75. The highest BCUT2D eigenvalue weighted by atomic mass is 32.2. The molecular weight excluding hydrogens is 470 g/mol. The number of hydrogen-bond acceptors (Lipinski definition) is 6. The third-order valence-corrected chi connectivity index (χ3v) is 10.8. The van der Waals surface area contributed by atoms with Gasteiger partial charge in [0, 0.05) is 31.9 Å².